The van der Waals surface area contributed by atoms with Gasteiger partial charge in [-0.2, -0.15) is 10.4 Å². The average molecular weight is 247 g/mol. The third-order valence-corrected chi connectivity index (χ3v) is 3.67. The summed E-state index contributed by atoms with van der Waals surface area (Å²) in [7, 11) is 0. The Morgan fingerprint density at radius 2 is 2.00 bits per heavy atom. The fraction of sp³-hybridized carbons (Fsp3) is 0.615. The number of rotatable bonds is 4. The molecule has 0 aliphatic carbocycles. The number of anilines is 1. The van der Waals surface area contributed by atoms with Crippen LogP contribution in [0.25, 0.3) is 0 Å². The third kappa shape index (κ3) is 2.59. The van der Waals surface area contributed by atoms with Crippen molar-refractivity contribution in [3.8, 4) is 6.07 Å². The second kappa shape index (κ2) is 5.32. The first kappa shape index (κ1) is 14.4. The Balaban J connectivity index is 3.20. The Morgan fingerprint density at radius 1 is 1.39 bits per heavy atom. The normalized spacial score (nSPS) is 14.1. The zero-order valence-electron chi connectivity index (χ0n) is 11.7. The van der Waals surface area contributed by atoms with E-state index >= 15 is 0 Å². The van der Waals surface area contributed by atoms with Crippen LogP contribution >= 0.6 is 0 Å². The molecule has 0 radical (unpaired) electrons. The van der Waals surface area contributed by atoms with Crippen molar-refractivity contribution in [2.75, 3.05) is 11.9 Å². The van der Waals surface area contributed by atoms with Gasteiger partial charge in [-0.25, -0.2) is 0 Å². The quantitative estimate of drug-likeness (QED) is 0.846. The number of nitrogens with two attached hydrogens (primary N) is 1. The van der Waals surface area contributed by atoms with Crippen molar-refractivity contribution < 1.29 is 0 Å². The summed E-state index contributed by atoms with van der Waals surface area (Å²) in [5.41, 5.74) is 7.70. The Hall–Kier alpha value is -1.67. The SMILES string of the molecule is Cc1nnc(NC(C)(CN)C(C)C)c(C#N)c1C. The van der Waals surface area contributed by atoms with Gasteiger partial charge in [0.1, 0.15) is 11.6 Å². The Kier molecular flexibility index (Phi) is 4.25. The molecule has 5 heteroatoms. The monoisotopic (exact) mass is 247 g/mol. The predicted octanol–water partition coefficient (Wildman–Crippen LogP) is 1.75. The maximum Gasteiger partial charge on any atom is 0.167 e. The van der Waals surface area contributed by atoms with Gasteiger partial charge in [-0.3, -0.25) is 0 Å². The Labute approximate surface area is 108 Å². The van der Waals surface area contributed by atoms with Crippen LogP contribution in [-0.4, -0.2) is 22.3 Å². The van der Waals surface area contributed by atoms with Gasteiger partial charge in [0, 0.05) is 6.54 Å². The average Bonchev–Trinajstić information content (AvgIpc) is 2.34. The molecule has 1 heterocycles. The first-order chi connectivity index (χ1) is 8.35. The summed E-state index contributed by atoms with van der Waals surface area (Å²) in [6.45, 7) is 10.4. The van der Waals surface area contributed by atoms with E-state index in [1.165, 1.54) is 0 Å². The second-order valence-corrected chi connectivity index (χ2v) is 5.15. The van der Waals surface area contributed by atoms with Crippen molar-refractivity contribution >= 4 is 5.82 Å². The minimum absolute atomic E-state index is 0.304. The van der Waals surface area contributed by atoms with Crippen molar-refractivity contribution in [2.24, 2.45) is 11.7 Å². The highest BCUT2D eigenvalue weighted by Gasteiger charge is 2.28. The summed E-state index contributed by atoms with van der Waals surface area (Å²) in [4.78, 5) is 0. The van der Waals surface area contributed by atoms with Gasteiger partial charge >= 0.3 is 0 Å². The zero-order valence-corrected chi connectivity index (χ0v) is 11.7. The first-order valence-electron chi connectivity index (χ1n) is 6.08. The summed E-state index contributed by atoms with van der Waals surface area (Å²) in [6, 6.07) is 2.18. The highest BCUT2D eigenvalue weighted by atomic mass is 15.2. The summed E-state index contributed by atoms with van der Waals surface area (Å²) in [5.74, 6) is 0.833. The number of nitrogens with one attached hydrogen (secondary N) is 1. The van der Waals surface area contributed by atoms with E-state index < -0.39 is 0 Å². The molecule has 0 aliphatic rings. The van der Waals surface area contributed by atoms with Gasteiger partial charge in [0.15, 0.2) is 5.82 Å². The standard InChI is InChI=1S/C13H21N5/c1-8(2)13(5,7-15)16-12-11(6-14)9(3)10(4)17-18-12/h8H,7,15H2,1-5H3,(H,16,18). The molecule has 0 bridgehead atoms. The minimum Gasteiger partial charge on any atom is -0.361 e. The molecule has 1 aromatic rings. The molecule has 0 amide bonds. The molecule has 1 rings (SSSR count). The van der Waals surface area contributed by atoms with Crippen LogP contribution in [0.4, 0.5) is 5.82 Å². The van der Waals surface area contributed by atoms with E-state index in [1.807, 2.05) is 20.8 Å². The number of nitriles is 1. The van der Waals surface area contributed by atoms with Crippen LogP contribution in [0.3, 0.4) is 0 Å². The van der Waals surface area contributed by atoms with Crippen LogP contribution in [0.1, 0.15) is 37.6 Å². The smallest absolute Gasteiger partial charge is 0.167 e. The summed E-state index contributed by atoms with van der Waals surface area (Å²) in [5, 5.41) is 20.7. The zero-order chi connectivity index (χ0) is 13.9. The lowest BCUT2D eigenvalue weighted by molar-refractivity contribution is 0.381. The van der Waals surface area contributed by atoms with Gasteiger partial charge in [0.2, 0.25) is 0 Å². The highest BCUT2D eigenvalue weighted by molar-refractivity contribution is 5.57. The molecule has 0 saturated heterocycles. The molecule has 5 nitrogen and oxygen atoms in total. The van der Waals surface area contributed by atoms with Gasteiger partial charge < -0.3 is 11.1 Å². The molecule has 0 aliphatic heterocycles. The van der Waals surface area contributed by atoms with Crippen molar-refractivity contribution in [1.82, 2.24) is 10.2 Å². The molecule has 0 saturated carbocycles. The van der Waals surface area contributed by atoms with E-state index in [0.29, 0.717) is 23.8 Å². The Bertz CT molecular complexity index is 475. The lowest BCUT2D eigenvalue weighted by Gasteiger charge is -2.34. The van der Waals surface area contributed by atoms with Gasteiger partial charge in [-0.05, 0) is 32.3 Å². The molecule has 0 fully saturated rings. The van der Waals surface area contributed by atoms with Crippen LogP contribution in [0, 0.1) is 31.1 Å². The molecule has 0 aromatic carbocycles. The summed E-state index contributed by atoms with van der Waals surface area (Å²) >= 11 is 0. The summed E-state index contributed by atoms with van der Waals surface area (Å²) in [6.07, 6.45) is 0. The van der Waals surface area contributed by atoms with E-state index in [0.717, 1.165) is 11.3 Å². The van der Waals surface area contributed by atoms with E-state index in [1.54, 1.807) is 0 Å². The molecule has 0 spiro atoms. The van der Waals surface area contributed by atoms with Crippen molar-refractivity contribution in [2.45, 2.75) is 40.2 Å². The summed E-state index contributed by atoms with van der Waals surface area (Å²) < 4.78 is 0. The van der Waals surface area contributed by atoms with Gasteiger partial charge in [-0.1, -0.05) is 13.8 Å². The van der Waals surface area contributed by atoms with Crippen LogP contribution in [-0.2, 0) is 0 Å². The highest BCUT2D eigenvalue weighted by Crippen LogP contribution is 2.24. The van der Waals surface area contributed by atoms with Crippen molar-refractivity contribution in [1.29, 1.82) is 5.26 Å². The molecular formula is C13H21N5. The number of hydrogen-bond acceptors (Lipinski definition) is 5. The van der Waals surface area contributed by atoms with Gasteiger partial charge in [-0.15, -0.1) is 5.10 Å². The molecular weight excluding hydrogens is 226 g/mol. The number of aryl methyl sites for hydroxylation is 1. The van der Waals surface area contributed by atoms with Gasteiger partial charge in [0.25, 0.3) is 0 Å². The maximum absolute atomic E-state index is 9.24. The number of aromatic nitrogens is 2. The predicted molar refractivity (Wildman–Crippen MR) is 72.1 cm³/mol. The largest absolute Gasteiger partial charge is 0.361 e. The fourth-order valence-electron chi connectivity index (χ4n) is 1.53. The van der Waals surface area contributed by atoms with E-state index in [9.17, 15) is 5.26 Å². The number of nitrogens with zero attached hydrogens (tertiary/aromatic N) is 3. The van der Waals surface area contributed by atoms with Crippen LogP contribution in [0.15, 0.2) is 0 Å². The third-order valence-electron chi connectivity index (χ3n) is 3.67. The molecule has 18 heavy (non-hydrogen) atoms. The molecule has 1 unspecified atom stereocenters. The lowest BCUT2D eigenvalue weighted by Crippen LogP contribution is -2.47. The van der Waals surface area contributed by atoms with E-state index in [-0.39, 0.29) is 5.54 Å². The lowest BCUT2D eigenvalue weighted by atomic mass is 9.88. The van der Waals surface area contributed by atoms with Crippen molar-refractivity contribution in [3.05, 3.63) is 16.8 Å². The van der Waals surface area contributed by atoms with Gasteiger partial charge in [0.05, 0.1) is 11.2 Å². The minimum atomic E-state index is -0.304. The van der Waals surface area contributed by atoms with Crippen LogP contribution in [0.2, 0.25) is 0 Å². The maximum atomic E-state index is 9.24. The molecule has 98 valence electrons. The fourth-order valence-corrected chi connectivity index (χ4v) is 1.53. The second-order valence-electron chi connectivity index (χ2n) is 5.15. The van der Waals surface area contributed by atoms with E-state index in [4.69, 9.17) is 5.73 Å². The first-order valence-corrected chi connectivity index (χ1v) is 6.08. The van der Waals surface area contributed by atoms with Crippen LogP contribution < -0.4 is 11.1 Å². The Morgan fingerprint density at radius 3 is 2.44 bits per heavy atom. The topological polar surface area (TPSA) is 87.6 Å². The van der Waals surface area contributed by atoms with Crippen LogP contribution in [0.5, 0.6) is 0 Å². The molecule has 3 N–H and O–H groups in total. The molecule has 1 aromatic heterocycles. The van der Waals surface area contributed by atoms with E-state index in [2.05, 4.69) is 35.4 Å². The molecule has 1 atom stereocenters. The number of hydrogen-bond donors (Lipinski definition) is 2. The van der Waals surface area contributed by atoms with Crippen molar-refractivity contribution in [3.63, 3.8) is 0 Å².